The Bertz CT molecular complexity index is 380. The molecule has 0 spiro atoms. The number of carbonyl (C=O) groups excluding carboxylic acids is 2. The van der Waals surface area contributed by atoms with E-state index in [9.17, 15) is 9.59 Å². The Morgan fingerprint density at radius 1 is 0.583 bits per heavy atom. The molecule has 0 aromatic heterocycles. The molecular weight excluding hydrogens is 406 g/mol. The van der Waals surface area contributed by atoms with Crippen LogP contribution in [0.4, 0.5) is 0 Å². The zero-order chi connectivity index (χ0) is 18.1. The largest absolute Gasteiger partial charge is 0.280 e. The summed E-state index contributed by atoms with van der Waals surface area (Å²) in [5, 5.41) is -1.04. The van der Waals surface area contributed by atoms with Crippen molar-refractivity contribution in [2.24, 2.45) is 0 Å². The van der Waals surface area contributed by atoms with Crippen molar-refractivity contribution in [3.05, 3.63) is 52.7 Å². The van der Waals surface area contributed by atoms with Gasteiger partial charge in [-0.2, -0.15) is 0 Å². The molecule has 1 saturated carbocycles. The Morgan fingerprint density at radius 2 is 0.792 bits per heavy atom. The van der Waals surface area contributed by atoms with Crippen molar-refractivity contribution in [2.45, 2.75) is 48.5 Å². The van der Waals surface area contributed by atoms with Gasteiger partial charge in [0.25, 0.3) is 0 Å². The van der Waals surface area contributed by atoms with Crippen molar-refractivity contribution in [1.29, 1.82) is 0 Å². The molecule has 0 bridgehead atoms. The minimum atomic E-state index is -0.522. The molecule has 132 valence electrons. The summed E-state index contributed by atoms with van der Waals surface area (Å²) in [6.45, 7) is 14.5. The van der Waals surface area contributed by atoms with Crippen molar-refractivity contribution in [1.82, 2.24) is 0 Å². The SMILES string of the molecule is C[C]1[C](C)[C](C(=O)Cl)[P][C]1C(=O)Cl.C[C]1[C](C)[C](C)[C](C)[C]1C.[Fe]. The molecule has 0 unspecified atom stereocenters. The molecule has 1 aliphatic heterocycles. The second-order valence-electron chi connectivity index (χ2n) is 5.73. The van der Waals surface area contributed by atoms with Gasteiger partial charge in [0, 0.05) is 28.9 Å². The van der Waals surface area contributed by atoms with Gasteiger partial charge in [-0.25, -0.2) is 0 Å². The minimum Gasteiger partial charge on any atom is -0.280 e. The van der Waals surface area contributed by atoms with Crippen LogP contribution in [0.2, 0.25) is 0 Å². The Hall–Kier alpha value is 0.869. The Morgan fingerprint density at radius 3 is 0.917 bits per heavy atom. The molecule has 1 heterocycles. The van der Waals surface area contributed by atoms with Crippen molar-refractivity contribution in [3.63, 3.8) is 0 Å². The maximum Gasteiger partial charge on any atom is 0.234 e. The molecule has 24 heavy (non-hydrogen) atoms. The third-order valence-corrected chi connectivity index (χ3v) is 6.85. The normalized spacial score (nSPS) is 24.0. The second-order valence-corrected chi connectivity index (χ2v) is 7.54. The van der Waals surface area contributed by atoms with Crippen LogP contribution in [0.3, 0.4) is 0 Å². The molecule has 10 radical (unpaired) electrons. The number of halogens is 2. The molecule has 6 heteroatoms. The first-order valence-electron chi connectivity index (χ1n) is 7.23. The summed E-state index contributed by atoms with van der Waals surface area (Å²) in [5.41, 5.74) is 0.895. The summed E-state index contributed by atoms with van der Waals surface area (Å²) in [5.74, 6) is 8.85. The van der Waals surface area contributed by atoms with Crippen LogP contribution in [0.5, 0.6) is 0 Å². The van der Waals surface area contributed by atoms with Gasteiger partial charge in [-0.15, -0.1) is 0 Å². The van der Waals surface area contributed by atoms with Crippen molar-refractivity contribution in [3.8, 4) is 0 Å². The summed E-state index contributed by atoms with van der Waals surface area (Å²) in [6.07, 6.45) is 0. The van der Waals surface area contributed by atoms with Crippen LogP contribution in [0.1, 0.15) is 48.5 Å². The fraction of sp³-hybridized carbons (Fsp3) is 0.389. The molecule has 1 aliphatic carbocycles. The van der Waals surface area contributed by atoms with Crippen LogP contribution < -0.4 is 0 Å². The van der Waals surface area contributed by atoms with Gasteiger partial charge in [0.1, 0.15) is 0 Å². The number of hydrogen-bond acceptors (Lipinski definition) is 2. The summed E-state index contributed by atoms with van der Waals surface area (Å²) >= 11 is 10.7. The average Bonchev–Trinajstić information content (AvgIpc) is 2.87. The van der Waals surface area contributed by atoms with Gasteiger partial charge < -0.3 is 0 Å². The fourth-order valence-electron chi connectivity index (χ4n) is 2.42. The fourth-order valence-corrected chi connectivity index (χ4v) is 4.03. The second kappa shape index (κ2) is 10.3. The summed E-state index contributed by atoms with van der Waals surface area (Å²) in [6, 6.07) is 0. The molecule has 0 aromatic rings. The van der Waals surface area contributed by atoms with E-state index in [-0.39, 0.29) is 17.1 Å². The summed E-state index contributed by atoms with van der Waals surface area (Å²) < 4.78 is 0. The molecule has 0 amide bonds. The van der Waals surface area contributed by atoms with E-state index in [1.165, 1.54) is 29.6 Å². The van der Waals surface area contributed by atoms with Crippen LogP contribution in [0.25, 0.3) is 0 Å². The van der Waals surface area contributed by atoms with E-state index in [1.807, 2.05) is 0 Å². The Kier molecular flexibility index (Phi) is 10.6. The Labute approximate surface area is 169 Å². The van der Waals surface area contributed by atoms with Crippen LogP contribution >= 0.6 is 31.8 Å². The van der Waals surface area contributed by atoms with Crippen LogP contribution in [0.15, 0.2) is 0 Å². The van der Waals surface area contributed by atoms with E-state index in [0.717, 1.165) is 11.8 Å². The number of carbonyl (C=O) groups is 2. The molecule has 2 nitrogen and oxygen atoms in total. The molecule has 2 fully saturated rings. The molecule has 2 aliphatic rings. The van der Waals surface area contributed by atoms with Gasteiger partial charge in [-0.1, -0.05) is 48.5 Å². The third kappa shape index (κ3) is 5.43. The maximum atomic E-state index is 10.9. The number of rotatable bonds is 2. The summed E-state index contributed by atoms with van der Waals surface area (Å²) in [4.78, 5) is 21.8. The Balaban J connectivity index is 0.000000436. The first-order valence-corrected chi connectivity index (χ1v) is 8.88. The van der Waals surface area contributed by atoms with Gasteiger partial charge >= 0.3 is 0 Å². The van der Waals surface area contributed by atoms with E-state index in [0.29, 0.717) is 19.9 Å². The zero-order valence-corrected chi connectivity index (χ0v) is 18.4. The average molecular weight is 427 g/mol. The first kappa shape index (κ1) is 24.9. The van der Waals surface area contributed by atoms with E-state index in [4.69, 9.17) is 23.2 Å². The molecule has 2 rings (SSSR count). The monoisotopic (exact) mass is 426 g/mol. The van der Waals surface area contributed by atoms with Gasteiger partial charge in [0.2, 0.25) is 10.5 Å². The first-order chi connectivity index (χ1) is 10.5. The predicted molar refractivity (Wildman–Crippen MR) is 97.5 cm³/mol. The minimum absolute atomic E-state index is 0. The summed E-state index contributed by atoms with van der Waals surface area (Å²) in [7, 11) is 0.524. The molecule has 0 N–H and O–H groups in total. The predicted octanol–water partition coefficient (Wildman–Crippen LogP) is 5.70. The van der Waals surface area contributed by atoms with Crippen molar-refractivity contribution < 1.29 is 26.7 Å². The molecule has 0 aromatic carbocycles. The molecular formula is C18H21Cl2FeO2P. The van der Waals surface area contributed by atoms with E-state index < -0.39 is 10.5 Å². The van der Waals surface area contributed by atoms with Gasteiger partial charge in [0.05, 0.1) is 11.3 Å². The van der Waals surface area contributed by atoms with Crippen molar-refractivity contribution in [2.75, 3.05) is 0 Å². The van der Waals surface area contributed by atoms with Crippen LogP contribution in [-0.2, 0) is 26.7 Å². The van der Waals surface area contributed by atoms with E-state index >= 15 is 0 Å². The van der Waals surface area contributed by atoms with Gasteiger partial charge in [0.15, 0.2) is 0 Å². The number of hydrogen-bond donors (Lipinski definition) is 0. The van der Waals surface area contributed by atoms with Crippen LogP contribution in [0, 0.1) is 52.7 Å². The van der Waals surface area contributed by atoms with Crippen molar-refractivity contribution >= 4 is 42.3 Å². The van der Waals surface area contributed by atoms with E-state index in [1.54, 1.807) is 13.8 Å². The van der Waals surface area contributed by atoms with E-state index in [2.05, 4.69) is 34.6 Å². The smallest absolute Gasteiger partial charge is 0.234 e. The maximum absolute atomic E-state index is 10.9. The van der Waals surface area contributed by atoms with Crippen LogP contribution in [-0.4, -0.2) is 10.5 Å². The zero-order valence-electron chi connectivity index (χ0n) is 14.9. The standard InChI is InChI=1S/C10H15.C8H6Cl2O2P.Fe/c1-6-7(2)9(4)10(5)8(6)3;1-3-4(2)6(8(10)12)13-5(3)7(9)11;/h1-5H3;1-2H3;. The molecule has 0 atom stereocenters. The van der Waals surface area contributed by atoms with Gasteiger partial charge in [-0.3, -0.25) is 9.59 Å². The van der Waals surface area contributed by atoms with Gasteiger partial charge in [-0.05, 0) is 61.4 Å². The quantitative estimate of drug-likeness (QED) is 0.322. The third-order valence-electron chi connectivity index (χ3n) is 4.68. The topological polar surface area (TPSA) is 34.1 Å². The molecule has 1 saturated heterocycles.